The van der Waals surface area contributed by atoms with Gasteiger partial charge < -0.3 is 16.4 Å². The van der Waals surface area contributed by atoms with Crippen molar-refractivity contribution < 1.29 is 13.2 Å². The van der Waals surface area contributed by atoms with Crippen LogP contribution in [-0.2, 0) is 14.8 Å². The Morgan fingerprint density at radius 3 is 2.39 bits per heavy atom. The monoisotopic (exact) mass is 272 g/mol. The third kappa shape index (κ3) is 3.34. The molecule has 0 aliphatic heterocycles. The van der Waals surface area contributed by atoms with E-state index in [9.17, 15) is 13.2 Å². The molecule has 0 saturated carbocycles. The Morgan fingerprint density at radius 1 is 1.39 bits per heavy atom. The number of benzene rings is 1. The summed E-state index contributed by atoms with van der Waals surface area (Å²) in [5.41, 5.74) is 11.4. The molecule has 7 nitrogen and oxygen atoms in total. The van der Waals surface area contributed by atoms with Crippen molar-refractivity contribution >= 4 is 27.3 Å². The zero-order chi connectivity index (χ0) is 13.9. The highest BCUT2D eigenvalue weighted by Crippen LogP contribution is 2.23. The number of primary amides is 1. The molecule has 0 bridgehead atoms. The fourth-order valence-corrected chi connectivity index (χ4v) is 2.21. The molecule has 0 aromatic heterocycles. The van der Waals surface area contributed by atoms with Gasteiger partial charge in [-0.3, -0.25) is 4.79 Å². The van der Waals surface area contributed by atoms with E-state index in [1.165, 1.54) is 18.2 Å². The van der Waals surface area contributed by atoms with Crippen LogP contribution < -0.4 is 21.5 Å². The van der Waals surface area contributed by atoms with Gasteiger partial charge in [0.05, 0.1) is 12.2 Å². The van der Waals surface area contributed by atoms with Crippen LogP contribution in [0.3, 0.4) is 0 Å². The number of hydrogen-bond donors (Lipinski definition) is 3. The molecule has 0 atom stereocenters. The van der Waals surface area contributed by atoms with Gasteiger partial charge in [0.1, 0.15) is 4.90 Å². The number of nitrogen functional groups attached to an aromatic ring is 1. The lowest BCUT2D eigenvalue weighted by atomic mass is 10.2. The van der Waals surface area contributed by atoms with Gasteiger partial charge in [-0.2, -0.15) is 0 Å². The Balaban J connectivity index is 3.14. The predicted octanol–water partition coefficient (Wildman–Crippen LogP) is -0.772. The predicted molar refractivity (Wildman–Crippen MR) is 69.3 cm³/mol. The number of likely N-dealkylation sites (N-methyl/N-ethyl adjacent to an activating group) is 1. The first-order valence-electron chi connectivity index (χ1n) is 5.21. The van der Waals surface area contributed by atoms with Crippen LogP contribution in [0.15, 0.2) is 23.1 Å². The molecule has 0 aliphatic rings. The molecule has 8 heteroatoms. The summed E-state index contributed by atoms with van der Waals surface area (Å²) in [6.07, 6.45) is 0. The third-order valence-corrected chi connectivity index (χ3v) is 3.38. The largest absolute Gasteiger partial charge is 0.398 e. The lowest BCUT2D eigenvalue weighted by Crippen LogP contribution is -2.33. The maximum Gasteiger partial charge on any atom is 0.240 e. The average molecular weight is 272 g/mol. The summed E-state index contributed by atoms with van der Waals surface area (Å²) in [6.45, 7) is 2.41. The van der Waals surface area contributed by atoms with Crippen LogP contribution in [0, 0.1) is 0 Å². The van der Waals surface area contributed by atoms with Crippen LogP contribution in [0.1, 0.15) is 6.92 Å². The summed E-state index contributed by atoms with van der Waals surface area (Å²) in [6, 6.07) is 4.29. The Kier molecular flexibility index (Phi) is 4.15. The normalized spacial score (nSPS) is 11.2. The smallest absolute Gasteiger partial charge is 0.240 e. The van der Waals surface area contributed by atoms with Gasteiger partial charge in [-0.1, -0.05) is 0 Å². The van der Waals surface area contributed by atoms with Crippen molar-refractivity contribution in [3.8, 4) is 0 Å². The van der Waals surface area contributed by atoms with Crippen LogP contribution in [0.25, 0.3) is 0 Å². The van der Waals surface area contributed by atoms with Crippen molar-refractivity contribution in [2.45, 2.75) is 11.8 Å². The molecule has 6 N–H and O–H groups in total. The maximum atomic E-state index is 11.2. The molecular weight excluding hydrogens is 256 g/mol. The molecule has 0 radical (unpaired) electrons. The van der Waals surface area contributed by atoms with Crippen LogP contribution in [0.4, 0.5) is 11.4 Å². The van der Waals surface area contributed by atoms with Gasteiger partial charge in [0, 0.05) is 12.2 Å². The van der Waals surface area contributed by atoms with E-state index in [4.69, 9.17) is 16.6 Å². The summed E-state index contributed by atoms with van der Waals surface area (Å²) >= 11 is 0. The Labute approximate surface area is 106 Å². The number of carbonyl (C=O) groups excluding carboxylic acids is 1. The minimum atomic E-state index is -3.84. The molecule has 0 saturated heterocycles. The van der Waals surface area contributed by atoms with Gasteiger partial charge in [-0.15, -0.1) is 0 Å². The van der Waals surface area contributed by atoms with E-state index in [1.807, 2.05) is 6.92 Å². The highest BCUT2D eigenvalue weighted by atomic mass is 32.2. The van der Waals surface area contributed by atoms with E-state index >= 15 is 0 Å². The van der Waals surface area contributed by atoms with E-state index in [-0.39, 0.29) is 17.1 Å². The van der Waals surface area contributed by atoms with Crippen LogP contribution in [-0.4, -0.2) is 27.4 Å². The fourth-order valence-electron chi connectivity index (χ4n) is 1.57. The van der Waals surface area contributed by atoms with Gasteiger partial charge in [-0.05, 0) is 25.1 Å². The number of amides is 1. The minimum Gasteiger partial charge on any atom is -0.398 e. The SMILES string of the molecule is CCN(CC(N)=O)c1ccc(S(N)(=O)=O)c(N)c1. The van der Waals surface area contributed by atoms with E-state index in [0.29, 0.717) is 12.2 Å². The summed E-state index contributed by atoms with van der Waals surface area (Å²) < 4.78 is 22.4. The van der Waals surface area contributed by atoms with Gasteiger partial charge >= 0.3 is 0 Å². The molecular formula is C10H16N4O3S. The molecule has 100 valence electrons. The average Bonchev–Trinajstić information content (AvgIpc) is 2.23. The van der Waals surface area contributed by atoms with Crippen LogP contribution in [0.2, 0.25) is 0 Å². The summed E-state index contributed by atoms with van der Waals surface area (Å²) in [5.74, 6) is -0.481. The summed E-state index contributed by atoms with van der Waals surface area (Å²) in [5, 5.41) is 5.00. The first-order chi connectivity index (χ1) is 8.25. The molecule has 1 aromatic rings. The minimum absolute atomic E-state index is 0.0324. The van der Waals surface area contributed by atoms with E-state index in [2.05, 4.69) is 0 Å². The molecule has 0 aliphatic carbocycles. The molecule has 0 heterocycles. The number of anilines is 2. The Bertz CT molecular complexity index is 556. The molecule has 1 amide bonds. The number of nitrogens with two attached hydrogens (primary N) is 3. The standard InChI is InChI=1S/C10H16N4O3S/c1-2-14(6-10(12)15)7-3-4-9(8(11)5-7)18(13,16)17/h3-5H,2,6,11H2,1H3,(H2,12,15)(H2,13,16,17). The van der Waals surface area contributed by atoms with Crippen molar-refractivity contribution in [1.29, 1.82) is 0 Å². The second kappa shape index (κ2) is 5.23. The van der Waals surface area contributed by atoms with Crippen molar-refractivity contribution in [2.24, 2.45) is 10.9 Å². The first kappa shape index (κ1) is 14.3. The number of rotatable bonds is 5. The fraction of sp³-hybridized carbons (Fsp3) is 0.300. The van der Waals surface area contributed by atoms with E-state index in [0.717, 1.165) is 0 Å². The van der Waals surface area contributed by atoms with Gasteiger partial charge in [0.2, 0.25) is 15.9 Å². The van der Waals surface area contributed by atoms with Gasteiger partial charge in [0.15, 0.2) is 0 Å². The number of carbonyl (C=O) groups is 1. The lowest BCUT2D eigenvalue weighted by Gasteiger charge is -2.22. The molecule has 1 aromatic carbocycles. The zero-order valence-electron chi connectivity index (χ0n) is 9.96. The third-order valence-electron chi connectivity index (χ3n) is 2.39. The van der Waals surface area contributed by atoms with Crippen molar-refractivity contribution in [2.75, 3.05) is 23.7 Å². The summed E-state index contributed by atoms with van der Waals surface area (Å²) in [4.78, 5) is 12.4. The molecule has 0 unspecified atom stereocenters. The highest BCUT2D eigenvalue weighted by molar-refractivity contribution is 7.89. The Morgan fingerprint density at radius 2 is 2.00 bits per heavy atom. The molecule has 18 heavy (non-hydrogen) atoms. The van der Waals surface area contributed by atoms with Gasteiger partial charge in [-0.25, -0.2) is 13.6 Å². The first-order valence-corrected chi connectivity index (χ1v) is 6.76. The highest BCUT2D eigenvalue weighted by Gasteiger charge is 2.14. The van der Waals surface area contributed by atoms with E-state index < -0.39 is 15.9 Å². The summed E-state index contributed by atoms with van der Waals surface area (Å²) in [7, 11) is -3.84. The Hall–Kier alpha value is -1.80. The molecule has 0 fully saturated rings. The van der Waals surface area contributed by atoms with Crippen LogP contribution in [0.5, 0.6) is 0 Å². The number of sulfonamides is 1. The second-order valence-corrected chi connectivity index (χ2v) is 5.28. The van der Waals surface area contributed by atoms with Crippen molar-refractivity contribution in [3.63, 3.8) is 0 Å². The lowest BCUT2D eigenvalue weighted by molar-refractivity contribution is -0.116. The maximum absolute atomic E-state index is 11.2. The van der Waals surface area contributed by atoms with Crippen molar-refractivity contribution in [3.05, 3.63) is 18.2 Å². The quantitative estimate of drug-likeness (QED) is 0.605. The topological polar surface area (TPSA) is 133 Å². The van der Waals surface area contributed by atoms with Gasteiger partial charge in [0.25, 0.3) is 0 Å². The van der Waals surface area contributed by atoms with E-state index in [1.54, 1.807) is 4.90 Å². The van der Waals surface area contributed by atoms with Crippen LogP contribution >= 0.6 is 0 Å². The number of hydrogen-bond acceptors (Lipinski definition) is 5. The number of primary sulfonamides is 1. The molecule has 0 spiro atoms. The second-order valence-electron chi connectivity index (χ2n) is 3.75. The zero-order valence-corrected chi connectivity index (χ0v) is 10.8. The van der Waals surface area contributed by atoms with Crippen molar-refractivity contribution in [1.82, 2.24) is 0 Å². The molecule has 1 rings (SSSR count). The number of nitrogens with zero attached hydrogens (tertiary/aromatic N) is 1.